The lowest BCUT2D eigenvalue weighted by Crippen LogP contribution is -2.43. The molecule has 1 aliphatic carbocycles. The van der Waals surface area contributed by atoms with Gasteiger partial charge in [-0.3, -0.25) is 4.79 Å². The standard InChI is InChI=1S/C40H43F3N2O3/c1-39(2,3)48-38(47)45(36-12-8-5-9-13-36)28-31-16-20-33(21-17-31)32-18-14-30(15-19-32)27-44(26-29-10-6-4-7-11-29)37(46)34-22-24-35(25-23-34)40(41,42)43/h4,6-7,10-11,14-25,36H,5,8-9,12-13,26-28H2,1-3H3. The largest absolute Gasteiger partial charge is 0.444 e. The van der Waals surface area contributed by atoms with Crippen molar-refractivity contribution in [2.45, 2.75) is 90.3 Å². The van der Waals surface area contributed by atoms with Gasteiger partial charge in [-0.05, 0) is 85.7 Å². The second-order valence-corrected chi connectivity index (χ2v) is 13.5. The van der Waals surface area contributed by atoms with E-state index < -0.39 is 17.3 Å². The number of halogens is 3. The predicted molar refractivity (Wildman–Crippen MR) is 182 cm³/mol. The van der Waals surface area contributed by atoms with Gasteiger partial charge >= 0.3 is 12.3 Å². The van der Waals surface area contributed by atoms with Crippen LogP contribution in [0.1, 0.15) is 85.5 Å². The predicted octanol–water partition coefficient (Wildman–Crippen LogP) is 10.3. The number of carbonyl (C=O) groups excluding carboxylic acids is 2. The number of alkyl halides is 3. The smallest absolute Gasteiger partial charge is 0.416 e. The van der Waals surface area contributed by atoms with Crippen molar-refractivity contribution in [2.24, 2.45) is 0 Å². The molecule has 1 saturated carbocycles. The van der Waals surface area contributed by atoms with Crippen LogP contribution in [0.15, 0.2) is 103 Å². The molecule has 0 spiro atoms. The van der Waals surface area contributed by atoms with E-state index in [9.17, 15) is 22.8 Å². The molecule has 5 nitrogen and oxygen atoms in total. The van der Waals surface area contributed by atoms with E-state index >= 15 is 0 Å². The van der Waals surface area contributed by atoms with Crippen molar-refractivity contribution >= 4 is 12.0 Å². The Morgan fingerprint density at radius 2 is 1.17 bits per heavy atom. The molecule has 0 bridgehead atoms. The van der Waals surface area contributed by atoms with E-state index in [0.717, 1.165) is 65.6 Å². The van der Waals surface area contributed by atoms with Gasteiger partial charge in [-0.2, -0.15) is 13.2 Å². The average molecular weight is 657 g/mol. The van der Waals surface area contributed by atoms with Crippen molar-refractivity contribution in [3.05, 3.63) is 131 Å². The van der Waals surface area contributed by atoms with Crippen LogP contribution >= 0.6 is 0 Å². The number of hydrogen-bond acceptors (Lipinski definition) is 3. The van der Waals surface area contributed by atoms with E-state index in [2.05, 4.69) is 0 Å². The zero-order chi connectivity index (χ0) is 34.3. The molecule has 5 rings (SSSR count). The van der Waals surface area contributed by atoms with Gasteiger partial charge in [0.2, 0.25) is 0 Å². The number of carbonyl (C=O) groups is 2. The summed E-state index contributed by atoms with van der Waals surface area (Å²) >= 11 is 0. The fourth-order valence-electron chi connectivity index (χ4n) is 6.07. The fraction of sp³-hybridized carbons (Fsp3) is 0.350. The highest BCUT2D eigenvalue weighted by Gasteiger charge is 2.31. The summed E-state index contributed by atoms with van der Waals surface area (Å²) < 4.78 is 45.1. The Labute approximate surface area is 281 Å². The molecule has 0 radical (unpaired) electrons. The van der Waals surface area contributed by atoms with Gasteiger partial charge < -0.3 is 14.5 Å². The molecule has 48 heavy (non-hydrogen) atoms. The zero-order valence-electron chi connectivity index (χ0n) is 27.8. The fourth-order valence-corrected chi connectivity index (χ4v) is 6.07. The van der Waals surface area contributed by atoms with E-state index in [1.165, 1.54) is 18.6 Å². The average Bonchev–Trinajstić information content (AvgIpc) is 3.07. The SMILES string of the molecule is CC(C)(C)OC(=O)N(Cc1ccc(-c2ccc(CN(Cc3ccccc3)C(=O)c3ccc(C(F)(F)F)cc3)cc2)cc1)C1CCCCC1. The van der Waals surface area contributed by atoms with Crippen LogP contribution in [-0.4, -0.2) is 33.4 Å². The van der Waals surface area contributed by atoms with Crippen LogP contribution in [0.25, 0.3) is 11.1 Å². The molecule has 0 unspecified atom stereocenters. The first-order valence-corrected chi connectivity index (χ1v) is 16.5. The molecular weight excluding hydrogens is 613 g/mol. The summed E-state index contributed by atoms with van der Waals surface area (Å²) in [4.78, 5) is 30.2. The minimum absolute atomic E-state index is 0.174. The van der Waals surface area contributed by atoms with E-state index in [0.29, 0.717) is 13.1 Å². The molecule has 0 atom stereocenters. The van der Waals surface area contributed by atoms with Gasteiger partial charge in [0.15, 0.2) is 0 Å². The van der Waals surface area contributed by atoms with Crippen molar-refractivity contribution in [1.29, 1.82) is 0 Å². The Morgan fingerprint density at radius 1 is 0.667 bits per heavy atom. The molecule has 0 heterocycles. The van der Waals surface area contributed by atoms with E-state index in [1.54, 1.807) is 4.90 Å². The summed E-state index contributed by atoms with van der Waals surface area (Å²) in [5.74, 6) is -0.346. The highest BCUT2D eigenvalue weighted by Crippen LogP contribution is 2.30. The Hall–Kier alpha value is -4.59. The van der Waals surface area contributed by atoms with Gasteiger partial charge in [0.25, 0.3) is 5.91 Å². The second-order valence-electron chi connectivity index (χ2n) is 13.5. The lowest BCUT2D eigenvalue weighted by atomic mass is 9.94. The molecule has 0 saturated heterocycles. The first kappa shape index (κ1) is 34.7. The van der Waals surface area contributed by atoms with Crippen LogP contribution in [0.2, 0.25) is 0 Å². The maximum absolute atomic E-state index is 13.5. The minimum Gasteiger partial charge on any atom is -0.444 e. The normalized spacial score (nSPS) is 14.0. The minimum atomic E-state index is -4.47. The summed E-state index contributed by atoms with van der Waals surface area (Å²) in [7, 11) is 0. The van der Waals surface area contributed by atoms with E-state index in [-0.39, 0.29) is 30.2 Å². The van der Waals surface area contributed by atoms with E-state index in [4.69, 9.17) is 4.74 Å². The first-order valence-electron chi connectivity index (χ1n) is 16.5. The third kappa shape index (κ3) is 9.49. The summed E-state index contributed by atoms with van der Waals surface area (Å²) in [6.45, 7) is 6.76. The van der Waals surface area contributed by atoms with E-state index in [1.807, 2.05) is 105 Å². The number of benzene rings is 4. The quantitative estimate of drug-likeness (QED) is 0.180. The maximum atomic E-state index is 13.5. The number of rotatable bonds is 9. The van der Waals surface area contributed by atoms with Crippen LogP contribution in [-0.2, 0) is 30.5 Å². The molecule has 0 N–H and O–H groups in total. The van der Waals surface area contributed by atoms with Crippen molar-refractivity contribution in [1.82, 2.24) is 9.80 Å². The zero-order valence-corrected chi connectivity index (χ0v) is 27.8. The Balaban J connectivity index is 1.29. The number of hydrogen-bond donors (Lipinski definition) is 0. The monoisotopic (exact) mass is 656 g/mol. The van der Waals surface area contributed by atoms with Gasteiger partial charge in [0.1, 0.15) is 5.60 Å². The topological polar surface area (TPSA) is 49.9 Å². The first-order chi connectivity index (χ1) is 22.9. The molecule has 4 aromatic carbocycles. The molecule has 8 heteroatoms. The Bertz CT molecular complexity index is 1640. The summed E-state index contributed by atoms with van der Waals surface area (Å²) in [5, 5.41) is 0. The third-order valence-corrected chi connectivity index (χ3v) is 8.57. The maximum Gasteiger partial charge on any atom is 0.416 e. The van der Waals surface area contributed by atoms with Gasteiger partial charge in [-0.25, -0.2) is 4.79 Å². The summed E-state index contributed by atoms with van der Waals surface area (Å²) in [6, 6.07) is 30.2. The van der Waals surface area contributed by atoms with Crippen LogP contribution in [0.3, 0.4) is 0 Å². The lowest BCUT2D eigenvalue weighted by Gasteiger charge is -2.35. The molecular formula is C40H43F3N2O3. The molecule has 1 aliphatic rings. The number of amides is 2. The Kier molecular flexibility index (Phi) is 10.9. The van der Waals surface area contributed by atoms with Crippen molar-refractivity contribution in [3.8, 4) is 11.1 Å². The van der Waals surface area contributed by atoms with Crippen LogP contribution in [0.5, 0.6) is 0 Å². The Morgan fingerprint density at radius 3 is 1.67 bits per heavy atom. The van der Waals surface area contributed by atoms with Crippen LogP contribution in [0.4, 0.5) is 18.0 Å². The van der Waals surface area contributed by atoms with Gasteiger partial charge in [-0.15, -0.1) is 0 Å². The third-order valence-electron chi connectivity index (χ3n) is 8.57. The molecule has 2 amide bonds. The van der Waals surface area contributed by atoms with Crippen molar-refractivity contribution in [3.63, 3.8) is 0 Å². The van der Waals surface area contributed by atoms with Crippen LogP contribution < -0.4 is 0 Å². The van der Waals surface area contributed by atoms with Crippen LogP contribution in [0, 0.1) is 0 Å². The molecule has 4 aromatic rings. The number of nitrogens with zero attached hydrogens (tertiary/aromatic N) is 2. The molecule has 252 valence electrons. The van der Waals surface area contributed by atoms with Crippen molar-refractivity contribution in [2.75, 3.05) is 0 Å². The van der Waals surface area contributed by atoms with Gasteiger partial charge in [-0.1, -0.05) is 98.1 Å². The van der Waals surface area contributed by atoms with Gasteiger partial charge in [0, 0.05) is 31.2 Å². The lowest BCUT2D eigenvalue weighted by molar-refractivity contribution is -0.137. The molecule has 0 aliphatic heterocycles. The number of ether oxygens (including phenoxy) is 1. The summed E-state index contributed by atoms with van der Waals surface area (Å²) in [6.07, 6.45) is 0.672. The highest BCUT2D eigenvalue weighted by atomic mass is 19.4. The van der Waals surface area contributed by atoms with Crippen molar-refractivity contribution < 1.29 is 27.5 Å². The second kappa shape index (κ2) is 15.1. The summed E-state index contributed by atoms with van der Waals surface area (Å²) in [5.41, 5.74) is 3.72. The molecule has 0 aromatic heterocycles. The van der Waals surface area contributed by atoms with Gasteiger partial charge in [0.05, 0.1) is 5.56 Å². The highest BCUT2D eigenvalue weighted by molar-refractivity contribution is 5.94. The molecule has 1 fully saturated rings.